The van der Waals surface area contributed by atoms with Gasteiger partial charge in [-0.1, -0.05) is 62.4 Å². The van der Waals surface area contributed by atoms with Crippen molar-refractivity contribution in [3.63, 3.8) is 0 Å². The quantitative estimate of drug-likeness (QED) is 0.322. The highest BCUT2D eigenvalue weighted by molar-refractivity contribution is 9.10. The second kappa shape index (κ2) is 13.2. The highest BCUT2D eigenvalue weighted by Gasteiger charge is 2.30. The van der Waals surface area contributed by atoms with Gasteiger partial charge in [0.2, 0.25) is 5.91 Å². The maximum atomic E-state index is 13.5. The standard InChI is InChI=1S/C29H32BrFN2O3/c1-4-32-29(35)26(16-21-8-6-5-7-9-21)33(18-22-10-13-24(31)14-11-22)28(34)19-36-27-15-12-23(20(2)3)17-25(27)30/h5-15,17,20,26H,4,16,18-19H2,1-3H3,(H,32,35). The molecular weight excluding hydrogens is 523 g/mol. The van der Waals surface area contributed by atoms with Crippen LogP contribution >= 0.6 is 15.9 Å². The summed E-state index contributed by atoms with van der Waals surface area (Å²) in [5.74, 6) is -0.0454. The van der Waals surface area contributed by atoms with Crippen LogP contribution in [-0.2, 0) is 22.6 Å². The third kappa shape index (κ3) is 7.65. The minimum Gasteiger partial charge on any atom is -0.483 e. The lowest BCUT2D eigenvalue weighted by molar-refractivity contribution is -0.142. The molecule has 3 aromatic rings. The molecule has 0 heterocycles. The van der Waals surface area contributed by atoms with Crippen molar-refractivity contribution in [3.05, 3.63) is 99.8 Å². The molecule has 190 valence electrons. The molecule has 3 rings (SSSR count). The Labute approximate surface area is 220 Å². The van der Waals surface area contributed by atoms with Crippen molar-refractivity contribution in [1.29, 1.82) is 0 Å². The van der Waals surface area contributed by atoms with E-state index in [4.69, 9.17) is 4.74 Å². The number of amides is 2. The molecule has 1 N–H and O–H groups in total. The van der Waals surface area contributed by atoms with E-state index in [2.05, 4.69) is 35.1 Å². The van der Waals surface area contributed by atoms with Gasteiger partial charge in [-0.05, 0) is 69.7 Å². The molecule has 0 saturated carbocycles. The number of likely N-dealkylation sites (N-methyl/N-ethyl adjacent to an activating group) is 1. The van der Waals surface area contributed by atoms with E-state index < -0.39 is 6.04 Å². The smallest absolute Gasteiger partial charge is 0.261 e. The topological polar surface area (TPSA) is 58.6 Å². The summed E-state index contributed by atoms with van der Waals surface area (Å²) >= 11 is 3.53. The third-order valence-corrected chi connectivity index (χ3v) is 6.48. The van der Waals surface area contributed by atoms with E-state index in [0.717, 1.165) is 21.2 Å². The van der Waals surface area contributed by atoms with Gasteiger partial charge >= 0.3 is 0 Å². The molecule has 0 aliphatic heterocycles. The first-order chi connectivity index (χ1) is 17.3. The Morgan fingerprint density at radius 2 is 1.69 bits per heavy atom. The lowest BCUT2D eigenvalue weighted by Gasteiger charge is -2.31. The van der Waals surface area contributed by atoms with E-state index in [9.17, 15) is 14.0 Å². The molecule has 0 saturated heterocycles. The summed E-state index contributed by atoms with van der Waals surface area (Å²) < 4.78 is 20.2. The van der Waals surface area contributed by atoms with Gasteiger partial charge in [0.05, 0.1) is 4.47 Å². The average molecular weight is 555 g/mol. The normalized spacial score (nSPS) is 11.7. The molecule has 0 aromatic heterocycles. The fourth-order valence-electron chi connectivity index (χ4n) is 3.85. The van der Waals surface area contributed by atoms with Crippen LogP contribution in [0.15, 0.2) is 77.3 Å². The molecule has 0 spiro atoms. The summed E-state index contributed by atoms with van der Waals surface area (Å²) in [5, 5.41) is 2.85. The van der Waals surface area contributed by atoms with Crippen molar-refractivity contribution >= 4 is 27.7 Å². The minimum atomic E-state index is -0.764. The number of nitrogens with zero attached hydrogens (tertiary/aromatic N) is 1. The van der Waals surface area contributed by atoms with Crippen molar-refractivity contribution in [2.75, 3.05) is 13.2 Å². The lowest BCUT2D eigenvalue weighted by Crippen LogP contribution is -2.51. The molecular formula is C29H32BrFN2O3. The monoisotopic (exact) mass is 554 g/mol. The van der Waals surface area contributed by atoms with Crippen LogP contribution in [0.1, 0.15) is 43.4 Å². The number of hydrogen-bond acceptors (Lipinski definition) is 3. The third-order valence-electron chi connectivity index (χ3n) is 5.86. The molecule has 0 radical (unpaired) electrons. The Kier molecular flexibility index (Phi) is 10.1. The minimum absolute atomic E-state index is 0.143. The molecule has 7 heteroatoms. The fourth-order valence-corrected chi connectivity index (χ4v) is 4.36. The molecule has 1 unspecified atom stereocenters. The number of carbonyl (C=O) groups excluding carboxylic acids is 2. The van der Waals surface area contributed by atoms with Gasteiger partial charge in [-0.2, -0.15) is 0 Å². The van der Waals surface area contributed by atoms with E-state index in [1.54, 1.807) is 12.1 Å². The number of ether oxygens (including phenoxy) is 1. The first-order valence-corrected chi connectivity index (χ1v) is 12.9. The van der Waals surface area contributed by atoms with Crippen LogP contribution in [0.5, 0.6) is 5.75 Å². The lowest BCUT2D eigenvalue weighted by atomic mass is 10.0. The van der Waals surface area contributed by atoms with E-state index in [0.29, 0.717) is 24.6 Å². The van der Waals surface area contributed by atoms with Gasteiger partial charge in [0, 0.05) is 19.5 Å². The van der Waals surface area contributed by atoms with Gasteiger partial charge in [0.15, 0.2) is 6.61 Å². The van der Waals surface area contributed by atoms with Crippen LogP contribution in [0, 0.1) is 5.82 Å². The van der Waals surface area contributed by atoms with Crippen molar-refractivity contribution < 1.29 is 18.7 Å². The van der Waals surface area contributed by atoms with Crippen LogP contribution in [-0.4, -0.2) is 35.9 Å². The number of nitrogens with one attached hydrogen (secondary N) is 1. The summed E-state index contributed by atoms with van der Waals surface area (Å²) in [6, 6.07) is 20.5. The van der Waals surface area contributed by atoms with Crippen LogP contribution in [0.4, 0.5) is 4.39 Å². The maximum absolute atomic E-state index is 13.5. The summed E-state index contributed by atoms with van der Waals surface area (Å²) in [6.07, 6.45) is 0.340. The highest BCUT2D eigenvalue weighted by atomic mass is 79.9. The molecule has 2 amide bonds. The van der Waals surface area contributed by atoms with E-state index in [1.165, 1.54) is 17.0 Å². The zero-order valence-corrected chi connectivity index (χ0v) is 22.4. The maximum Gasteiger partial charge on any atom is 0.261 e. The number of hydrogen-bond donors (Lipinski definition) is 1. The van der Waals surface area contributed by atoms with Crippen molar-refractivity contribution in [2.45, 2.75) is 45.7 Å². The molecule has 5 nitrogen and oxygen atoms in total. The number of rotatable bonds is 11. The molecule has 0 aliphatic carbocycles. The van der Waals surface area contributed by atoms with Crippen LogP contribution in [0.25, 0.3) is 0 Å². The van der Waals surface area contributed by atoms with Crippen LogP contribution in [0.3, 0.4) is 0 Å². The highest BCUT2D eigenvalue weighted by Crippen LogP contribution is 2.29. The fraction of sp³-hybridized carbons (Fsp3) is 0.310. The Morgan fingerprint density at radius 1 is 1.00 bits per heavy atom. The summed E-state index contributed by atoms with van der Waals surface area (Å²) in [7, 11) is 0. The van der Waals surface area contributed by atoms with E-state index >= 15 is 0 Å². The Balaban J connectivity index is 1.88. The molecule has 36 heavy (non-hydrogen) atoms. The number of carbonyl (C=O) groups is 2. The van der Waals surface area contributed by atoms with Gasteiger partial charge in [-0.25, -0.2) is 4.39 Å². The summed E-state index contributed by atoms with van der Waals surface area (Å²) in [5.41, 5.74) is 2.80. The van der Waals surface area contributed by atoms with Gasteiger partial charge < -0.3 is 15.0 Å². The average Bonchev–Trinajstić information content (AvgIpc) is 2.87. The Morgan fingerprint density at radius 3 is 2.31 bits per heavy atom. The molecule has 1 atom stereocenters. The number of halogens is 2. The van der Waals surface area contributed by atoms with Crippen LogP contribution in [0.2, 0.25) is 0 Å². The van der Waals surface area contributed by atoms with Gasteiger partial charge in [0.1, 0.15) is 17.6 Å². The second-order valence-corrected chi connectivity index (χ2v) is 9.74. The van der Waals surface area contributed by atoms with E-state index in [-0.39, 0.29) is 30.8 Å². The molecule has 3 aromatic carbocycles. The zero-order chi connectivity index (χ0) is 26.1. The van der Waals surface area contributed by atoms with Crippen molar-refractivity contribution in [1.82, 2.24) is 10.2 Å². The number of benzene rings is 3. The van der Waals surface area contributed by atoms with Crippen LogP contribution < -0.4 is 10.1 Å². The van der Waals surface area contributed by atoms with Gasteiger partial charge in [-0.15, -0.1) is 0 Å². The largest absolute Gasteiger partial charge is 0.483 e. The molecule has 0 aliphatic rings. The Bertz CT molecular complexity index is 1150. The van der Waals surface area contributed by atoms with Gasteiger partial charge in [0.25, 0.3) is 5.91 Å². The summed E-state index contributed by atoms with van der Waals surface area (Å²) in [6.45, 7) is 6.39. The van der Waals surface area contributed by atoms with Crippen molar-refractivity contribution in [3.8, 4) is 5.75 Å². The predicted molar refractivity (Wildman–Crippen MR) is 143 cm³/mol. The summed E-state index contributed by atoms with van der Waals surface area (Å²) in [4.78, 5) is 28.2. The first kappa shape index (κ1) is 27.4. The zero-order valence-electron chi connectivity index (χ0n) is 20.8. The first-order valence-electron chi connectivity index (χ1n) is 12.1. The Hall–Kier alpha value is -3.19. The van der Waals surface area contributed by atoms with Gasteiger partial charge in [-0.3, -0.25) is 9.59 Å². The van der Waals surface area contributed by atoms with E-state index in [1.807, 2.05) is 55.5 Å². The molecule has 0 fully saturated rings. The SMILES string of the molecule is CCNC(=O)C(Cc1ccccc1)N(Cc1ccc(F)cc1)C(=O)COc1ccc(C(C)C)cc1Br. The second-order valence-electron chi connectivity index (χ2n) is 8.88. The predicted octanol–water partition coefficient (Wildman–Crippen LogP) is 5.87. The molecule has 0 bridgehead atoms. The van der Waals surface area contributed by atoms with Crippen molar-refractivity contribution in [2.24, 2.45) is 0 Å².